The van der Waals surface area contributed by atoms with E-state index in [1.165, 1.54) is 12.1 Å². The second-order valence-electron chi connectivity index (χ2n) is 4.37. The Morgan fingerprint density at radius 2 is 2.00 bits per heavy atom. The van der Waals surface area contributed by atoms with Crippen LogP contribution in [-0.4, -0.2) is 6.04 Å². The van der Waals surface area contributed by atoms with E-state index in [-0.39, 0.29) is 6.04 Å². The normalized spacial score (nSPS) is 14.8. The SMILES string of the molecule is CCCC(C)C(N)Cc1ccc(F)cc1F. The minimum absolute atomic E-state index is 0.0695. The van der Waals surface area contributed by atoms with Gasteiger partial charge in [-0.3, -0.25) is 0 Å². The Hall–Kier alpha value is -0.960. The summed E-state index contributed by atoms with van der Waals surface area (Å²) in [6, 6.07) is 3.59. The van der Waals surface area contributed by atoms with E-state index >= 15 is 0 Å². The Balaban J connectivity index is 2.65. The molecular formula is C13H19F2N. The van der Waals surface area contributed by atoms with Gasteiger partial charge in [0.15, 0.2) is 0 Å². The molecule has 0 heterocycles. The molecule has 0 fully saturated rings. The first-order valence-electron chi connectivity index (χ1n) is 5.74. The fourth-order valence-electron chi connectivity index (χ4n) is 1.81. The summed E-state index contributed by atoms with van der Waals surface area (Å²) in [6.07, 6.45) is 2.57. The Bertz CT molecular complexity index is 339. The summed E-state index contributed by atoms with van der Waals surface area (Å²) in [7, 11) is 0. The van der Waals surface area contributed by atoms with Crippen molar-refractivity contribution in [2.45, 2.75) is 39.2 Å². The molecule has 0 saturated heterocycles. The van der Waals surface area contributed by atoms with Gasteiger partial charge in [0.05, 0.1) is 0 Å². The van der Waals surface area contributed by atoms with Crippen LogP contribution < -0.4 is 5.73 Å². The monoisotopic (exact) mass is 227 g/mol. The van der Waals surface area contributed by atoms with Crippen LogP contribution in [0.15, 0.2) is 18.2 Å². The van der Waals surface area contributed by atoms with Crippen molar-refractivity contribution in [3.63, 3.8) is 0 Å². The van der Waals surface area contributed by atoms with Crippen LogP contribution in [0.3, 0.4) is 0 Å². The van der Waals surface area contributed by atoms with Gasteiger partial charge in [-0.05, 0) is 30.4 Å². The fraction of sp³-hybridized carbons (Fsp3) is 0.538. The fourth-order valence-corrected chi connectivity index (χ4v) is 1.81. The lowest BCUT2D eigenvalue weighted by Crippen LogP contribution is -2.30. The highest BCUT2D eigenvalue weighted by molar-refractivity contribution is 5.19. The Kier molecular flexibility index (Phi) is 4.87. The van der Waals surface area contributed by atoms with E-state index in [0.717, 1.165) is 18.9 Å². The lowest BCUT2D eigenvalue weighted by Gasteiger charge is -2.19. The molecule has 0 spiro atoms. The van der Waals surface area contributed by atoms with Crippen LogP contribution in [0, 0.1) is 17.6 Å². The number of halogens is 2. The first kappa shape index (κ1) is 13.1. The van der Waals surface area contributed by atoms with Crippen molar-refractivity contribution in [3.8, 4) is 0 Å². The summed E-state index contributed by atoms with van der Waals surface area (Å²) < 4.78 is 26.1. The smallest absolute Gasteiger partial charge is 0.129 e. The van der Waals surface area contributed by atoms with E-state index in [1.807, 2.05) is 0 Å². The van der Waals surface area contributed by atoms with Crippen molar-refractivity contribution in [2.75, 3.05) is 0 Å². The molecule has 16 heavy (non-hydrogen) atoms. The molecule has 0 aliphatic heterocycles. The summed E-state index contributed by atoms with van der Waals surface area (Å²) in [6.45, 7) is 4.16. The largest absolute Gasteiger partial charge is 0.327 e. The van der Waals surface area contributed by atoms with Crippen molar-refractivity contribution in [1.82, 2.24) is 0 Å². The molecule has 0 saturated carbocycles. The molecule has 1 aromatic rings. The van der Waals surface area contributed by atoms with Crippen molar-refractivity contribution >= 4 is 0 Å². The van der Waals surface area contributed by atoms with Crippen LogP contribution >= 0.6 is 0 Å². The summed E-state index contributed by atoms with van der Waals surface area (Å²) >= 11 is 0. The Labute approximate surface area is 95.7 Å². The molecule has 1 aromatic carbocycles. The van der Waals surface area contributed by atoms with Crippen LogP contribution in [0.25, 0.3) is 0 Å². The third-order valence-electron chi connectivity index (χ3n) is 2.95. The zero-order chi connectivity index (χ0) is 12.1. The first-order chi connectivity index (χ1) is 7.54. The van der Waals surface area contributed by atoms with Crippen LogP contribution in [0.1, 0.15) is 32.3 Å². The number of rotatable bonds is 5. The molecule has 0 aliphatic rings. The number of hydrogen-bond acceptors (Lipinski definition) is 1. The van der Waals surface area contributed by atoms with Crippen LogP contribution in [-0.2, 0) is 6.42 Å². The molecule has 1 nitrogen and oxygen atoms in total. The molecule has 2 atom stereocenters. The third kappa shape index (κ3) is 3.56. The van der Waals surface area contributed by atoms with E-state index < -0.39 is 11.6 Å². The maximum atomic E-state index is 13.4. The average molecular weight is 227 g/mol. The molecule has 0 aliphatic carbocycles. The topological polar surface area (TPSA) is 26.0 Å². The first-order valence-corrected chi connectivity index (χ1v) is 5.74. The van der Waals surface area contributed by atoms with Gasteiger partial charge in [-0.1, -0.05) is 26.3 Å². The predicted octanol–water partition coefficient (Wildman–Crippen LogP) is 3.27. The van der Waals surface area contributed by atoms with Crippen molar-refractivity contribution in [2.24, 2.45) is 11.7 Å². The van der Waals surface area contributed by atoms with Crippen LogP contribution in [0.2, 0.25) is 0 Å². The van der Waals surface area contributed by atoms with Gasteiger partial charge in [0, 0.05) is 12.1 Å². The molecule has 0 bridgehead atoms. The maximum absolute atomic E-state index is 13.4. The standard InChI is InChI=1S/C13H19F2N/c1-3-4-9(2)13(16)7-10-5-6-11(14)8-12(10)15/h5-6,8-9,13H,3-4,7,16H2,1-2H3. The predicted molar refractivity (Wildman–Crippen MR) is 62.1 cm³/mol. The Morgan fingerprint density at radius 3 is 2.56 bits per heavy atom. The highest BCUT2D eigenvalue weighted by Gasteiger charge is 2.14. The van der Waals surface area contributed by atoms with E-state index in [2.05, 4.69) is 13.8 Å². The molecule has 0 aromatic heterocycles. The number of benzene rings is 1. The molecule has 1 rings (SSSR count). The van der Waals surface area contributed by atoms with E-state index in [4.69, 9.17) is 5.73 Å². The highest BCUT2D eigenvalue weighted by atomic mass is 19.1. The van der Waals surface area contributed by atoms with E-state index in [0.29, 0.717) is 17.9 Å². The molecule has 90 valence electrons. The van der Waals surface area contributed by atoms with Gasteiger partial charge in [-0.15, -0.1) is 0 Å². The molecular weight excluding hydrogens is 208 g/mol. The third-order valence-corrected chi connectivity index (χ3v) is 2.95. The van der Waals surface area contributed by atoms with Gasteiger partial charge in [0.1, 0.15) is 11.6 Å². The quantitative estimate of drug-likeness (QED) is 0.820. The second kappa shape index (κ2) is 5.94. The van der Waals surface area contributed by atoms with E-state index in [1.54, 1.807) is 0 Å². The van der Waals surface area contributed by atoms with Gasteiger partial charge in [0.25, 0.3) is 0 Å². The molecule has 3 heteroatoms. The average Bonchev–Trinajstić information content (AvgIpc) is 2.22. The highest BCUT2D eigenvalue weighted by Crippen LogP contribution is 2.16. The molecule has 0 radical (unpaired) electrons. The number of hydrogen-bond donors (Lipinski definition) is 1. The molecule has 0 amide bonds. The minimum atomic E-state index is -0.545. The minimum Gasteiger partial charge on any atom is -0.327 e. The van der Waals surface area contributed by atoms with Crippen LogP contribution in [0.4, 0.5) is 8.78 Å². The van der Waals surface area contributed by atoms with Gasteiger partial charge in [-0.25, -0.2) is 8.78 Å². The summed E-state index contributed by atoms with van der Waals surface area (Å²) in [5, 5.41) is 0. The zero-order valence-corrected chi connectivity index (χ0v) is 9.84. The number of nitrogens with two attached hydrogens (primary N) is 1. The molecule has 2 N–H and O–H groups in total. The molecule has 2 unspecified atom stereocenters. The second-order valence-corrected chi connectivity index (χ2v) is 4.37. The zero-order valence-electron chi connectivity index (χ0n) is 9.84. The van der Waals surface area contributed by atoms with Crippen molar-refractivity contribution < 1.29 is 8.78 Å². The summed E-state index contributed by atoms with van der Waals surface area (Å²) in [5.41, 5.74) is 6.48. The summed E-state index contributed by atoms with van der Waals surface area (Å²) in [5.74, 6) is -0.690. The van der Waals surface area contributed by atoms with Crippen LogP contribution in [0.5, 0.6) is 0 Å². The Morgan fingerprint density at radius 1 is 1.31 bits per heavy atom. The van der Waals surface area contributed by atoms with Gasteiger partial charge < -0.3 is 5.73 Å². The van der Waals surface area contributed by atoms with Crippen molar-refractivity contribution in [3.05, 3.63) is 35.4 Å². The lowest BCUT2D eigenvalue weighted by molar-refractivity contribution is 0.414. The summed E-state index contributed by atoms with van der Waals surface area (Å²) in [4.78, 5) is 0. The van der Waals surface area contributed by atoms with Gasteiger partial charge in [-0.2, -0.15) is 0 Å². The maximum Gasteiger partial charge on any atom is 0.129 e. The lowest BCUT2D eigenvalue weighted by atomic mass is 9.92. The van der Waals surface area contributed by atoms with Crippen molar-refractivity contribution in [1.29, 1.82) is 0 Å². The van der Waals surface area contributed by atoms with Gasteiger partial charge >= 0.3 is 0 Å². The van der Waals surface area contributed by atoms with E-state index in [9.17, 15) is 8.78 Å². The van der Waals surface area contributed by atoms with Gasteiger partial charge in [0.2, 0.25) is 0 Å².